The maximum absolute atomic E-state index is 1.75. The van der Waals surface area contributed by atoms with E-state index in [2.05, 4.69) is 0 Å². The predicted molar refractivity (Wildman–Crippen MR) is 18.7 cm³/mol. The third-order valence-electron chi connectivity index (χ3n) is 0.577. The van der Waals surface area contributed by atoms with Crippen molar-refractivity contribution in [3.63, 3.8) is 0 Å². The Morgan fingerprint density at radius 3 is 1.75 bits per heavy atom. The summed E-state index contributed by atoms with van der Waals surface area (Å²) < 4.78 is 1.17. The Bertz CT molecular complexity index is 22.5. The van der Waals surface area contributed by atoms with Crippen LogP contribution in [0, 0.1) is 0 Å². The quantitative estimate of drug-likeness (QED) is 0.458. The average molecular weight is 160 g/mol. The van der Waals surface area contributed by atoms with Gasteiger partial charge in [-0.15, -0.1) is 0 Å². The van der Waals surface area contributed by atoms with Crippen LogP contribution < -0.4 is 0 Å². The van der Waals surface area contributed by atoms with Crippen LogP contribution in [0.25, 0.3) is 0 Å². The normalized spacial score (nSPS) is 26.2. The minimum atomic E-state index is 1.17. The third-order valence-corrected chi connectivity index (χ3v) is 2.23. The van der Waals surface area contributed by atoms with E-state index in [4.69, 9.17) is 0 Å². The number of hydrogen-bond donors (Lipinski definition) is 0. The zero-order valence-corrected chi connectivity index (χ0v) is 5.35. The van der Waals surface area contributed by atoms with Crippen molar-refractivity contribution in [1.82, 2.24) is 0 Å². The minimum absolute atomic E-state index is 1.17. The van der Waals surface area contributed by atoms with Gasteiger partial charge in [0.1, 0.15) is 0 Å². The van der Waals surface area contributed by atoms with Gasteiger partial charge in [-0.2, -0.15) is 0 Å². The summed E-state index contributed by atoms with van der Waals surface area (Å²) >= 11 is 1.75. The molecule has 0 aromatic carbocycles. The van der Waals surface area contributed by atoms with Crippen LogP contribution in [0.4, 0.5) is 0 Å². The van der Waals surface area contributed by atoms with Gasteiger partial charge < -0.3 is 0 Å². The van der Waals surface area contributed by atoms with Crippen molar-refractivity contribution in [3.05, 3.63) is 0 Å². The second-order valence-electron chi connectivity index (χ2n) is 1.27. The van der Waals surface area contributed by atoms with E-state index in [0.29, 0.717) is 0 Å². The monoisotopic (exact) mass is 161 g/mol. The Kier molecular flexibility index (Phi) is 0.665. The van der Waals surface area contributed by atoms with Gasteiger partial charge in [0.05, 0.1) is 0 Å². The summed E-state index contributed by atoms with van der Waals surface area (Å²) in [5, 5.41) is 0. The van der Waals surface area contributed by atoms with Crippen LogP contribution in [0.2, 0.25) is 3.93 Å². The summed E-state index contributed by atoms with van der Waals surface area (Å²) in [6.07, 6.45) is 3.05. The van der Waals surface area contributed by atoms with Gasteiger partial charge in [-0.1, -0.05) is 0 Å². The van der Waals surface area contributed by atoms with Crippen molar-refractivity contribution in [3.8, 4) is 0 Å². The molecule has 3 radical (unpaired) electrons. The fraction of sp³-hybridized carbons (Fsp3) is 1.00. The SMILES string of the molecule is [Sn][CH]1CC1. The molecule has 0 amide bonds. The van der Waals surface area contributed by atoms with E-state index in [1.54, 1.807) is 22.5 Å². The van der Waals surface area contributed by atoms with Gasteiger partial charge in [-0.3, -0.25) is 0 Å². The summed E-state index contributed by atoms with van der Waals surface area (Å²) in [5.74, 6) is 0. The molecular formula is C3H5Sn. The average Bonchev–Trinajstić information content (AvgIpc) is 1.75. The molecule has 21 valence electrons. The van der Waals surface area contributed by atoms with Gasteiger partial charge in [0.15, 0.2) is 0 Å². The Balaban J connectivity index is 2.17. The molecule has 0 spiro atoms. The molecule has 1 aliphatic rings. The molecule has 1 fully saturated rings. The summed E-state index contributed by atoms with van der Waals surface area (Å²) in [7, 11) is 0. The van der Waals surface area contributed by atoms with Crippen LogP contribution in [0.5, 0.6) is 0 Å². The molecule has 1 saturated carbocycles. The van der Waals surface area contributed by atoms with Crippen molar-refractivity contribution in [2.45, 2.75) is 16.8 Å². The van der Waals surface area contributed by atoms with Crippen LogP contribution in [-0.4, -0.2) is 22.5 Å². The fourth-order valence-corrected chi connectivity index (χ4v) is 0.559. The van der Waals surface area contributed by atoms with Gasteiger partial charge in [0.25, 0.3) is 0 Å². The van der Waals surface area contributed by atoms with E-state index in [0.717, 1.165) is 0 Å². The van der Waals surface area contributed by atoms with Crippen molar-refractivity contribution < 1.29 is 0 Å². The molecule has 0 aliphatic heterocycles. The maximum atomic E-state index is 1.75. The first-order chi connectivity index (χ1) is 1.89. The Morgan fingerprint density at radius 2 is 1.75 bits per heavy atom. The van der Waals surface area contributed by atoms with Gasteiger partial charge >= 0.3 is 39.3 Å². The van der Waals surface area contributed by atoms with Crippen LogP contribution in [0.15, 0.2) is 0 Å². The topological polar surface area (TPSA) is 0 Å². The molecule has 0 atom stereocenters. The summed E-state index contributed by atoms with van der Waals surface area (Å²) in [5.41, 5.74) is 0. The molecule has 0 aromatic heterocycles. The van der Waals surface area contributed by atoms with Crippen LogP contribution in [0.1, 0.15) is 12.8 Å². The Morgan fingerprint density at radius 1 is 1.50 bits per heavy atom. The Labute approximate surface area is 39.7 Å². The van der Waals surface area contributed by atoms with Crippen LogP contribution in [0.3, 0.4) is 0 Å². The summed E-state index contributed by atoms with van der Waals surface area (Å²) in [6, 6.07) is 0. The molecule has 1 rings (SSSR count). The third kappa shape index (κ3) is 0.627. The molecule has 4 heavy (non-hydrogen) atoms. The molecule has 0 unspecified atom stereocenters. The van der Waals surface area contributed by atoms with E-state index >= 15 is 0 Å². The fourth-order valence-electron chi connectivity index (χ4n) is 0.0833. The van der Waals surface area contributed by atoms with E-state index in [1.807, 2.05) is 0 Å². The zero-order valence-electron chi connectivity index (χ0n) is 2.49. The van der Waals surface area contributed by atoms with Crippen molar-refractivity contribution in [2.24, 2.45) is 0 Å². The van der Waals surface area contributed by atoms with Gasteiger partial charge in [-0.25, -0.2) is 0 Å². The molecular weight excluding hydrogens is 155 g/mol. The zero-order chi connectivity index (χ0) is 2.99. The predicted octanol–water partition coefficient (Wildman–Crippen LogP) is 0.737. The molecule has 0 nitrogen and oxygen atoms in total. The van der Waals surface area contributed by atoms with Crippen molar-refractivity contribution in [2.75, 3.05) is 0 Å². The molecule has 1 heteroatoms. The molecule has 0 saturated heterocycles. The first-order valence-corrected chi connectivity index (χ1v) is 3.25. The summed E-state index contributed by atoms with van der Waals surface area (Å²) in [4.78, 5) is 0. The van der Waals surface area contributed by atoms with E-state index in [-0.39, 0.29) is 0 Å². The van der Waals surface area contributed by atoms with Gasteiger partial charge in [0, 0.05) is 0 Å². The van der Waals surface area contributed by atoms with Crippen molar-refractivity contribution >= 4 is 22.5 Å². The summed E-state index contributed by atoms with van der Waals surface area (Å²) in [6.45, 7) is 0. The van der Waals surface area contributed by atoms with E-state index in [9.17, 15) is 0 Å². The molecule has 0 aromatic rings. The van der Waals surface area contributed by atoms with E-state index < -0.39 is 0 Å². The molecule has 0 heterocycles. The number of hydrogen-bond acceptors (Lipinski definition) is 0. The molecule has 0 N–H and O–H groups in total. The van der Waals surface area contributed by atoms with Gasteiger partial charge in [0.2, 0.25) is 0 Å². The molecule has 0 bridgehead atoms. The second kappa shape index (κ2) is 0.885. The molecule has 1 aliphatic carbocycles. The first kappa shape index (κ1) is 3.01. The van der Waals surface area contributed by atoms with Crippen LogP contribution in [-0.2, 0) is 0 Å². The Hall–Kier alpha value is 0.799. The van der Waals surface area contributed by atoms with E-state index in [1.165, 1.54) is 16.8 Å². The second-order valence-corrected chi connectivity index (χ2v) is 3.60. The first-order valence-electron chi connectivity index (χ1n) is 1.61. The standard InChI is InChI=1S/C3H5.Sn/c1-2-3-1;/h1H,2-3H2;. The van der Waals surface area contributed by atoms with Crippen LogP contribution >= 0.6 is 0 Å². The van der Waals surface area contributed by atoms with Gasteiger partial charge in [-0.05, 0) is 0 Å². The number of rotatable bonds is 0. The van der Waals surface area contributed by atoms with Crippen molar-refractivity contribution in [1.29, 1.82) is 0 Å².